The minimum atomic E-state index is -0.334. The average molecular weight is 470 g/mol. The van der Waals surface area contributed by atoms with Crippen LogP contribution in [0.4, 0.5) is 0 Å². The van der Waals surface area contributed by atoms with Gasteiger partial charge in [0.2, 0.25) is 0 Å². The first-order valence-electron chi connectivity index (χ1n) is 10.6. The monoisotopic (exact) mass is 469 g/mol. The van der Waals surface area contributed by atoms with Crippen molar-refractivity contribution in [2.75, 3.05) is 0 Å². The van der Waals surface area contributed by atoms with Crippen molar-refractivity contribution in [3.8, 4) is 11.1 Å². The molecule has 0 saturated carbocycles. The molecule has 1 unspecified atom stereocenters. The summed E-state index contributed by atoms with van der Waals surface area (Å²) in [7, 11) is 0. The van der Waals surface area contributed by atoms with Gasteiger partial charge in [-0.2, -0.15) is 4.99 Å². The molecule has 1 amide bonds. The van der Waals surface area contributed by atoms with Crippen molar-refractivity contribution in [1.29, 1.82) is 0 Å². The molecular weight excluding hydrogens is 450 g/mol. The first-order chi connectivity index (χ1) is 16.1. The Labute approximate surface area is 201 Å². The Morgan fingerprint density at radius 1 is 0.939 bits per heavy atom. The van der Waals surface area contributed by atoms with Gasteiger partial charge in [-0.15, -0.1) is 0 Å². The van der Waals surface area contributed by atoms with Gasteiger partial charge in [-0.3, -0.25) is 9.78 Å². The van der Waals surface area contributed by atoms with Crippen LogP contribution < -0.4 is 0 Å². The van der Waals surface area contributed by atoms with Crippen LogP contribution >= 0.6 is 23.4 Å². The lowest BCUT2D eigenvalue weighted by Gasteiger charge is -2.19. The summed E-state index contributed by atoms with van der Waals surface area (Å²) >= 11 is 7.68. The van der Waals surface area contributed by atoms with E-state index in [-0.39, 0.29) is 11.8 Å². The second kappa shape index (κ2) is 9.30. The highest BCUT2D eigenvalue weighted by molar-refractivity contribution is 8.14. The summed E-state index contributed by atoms with van der Waals surface area (Å²) in [5.41, 5.74) is 4.77. The average Bonchev–Trinajstić information content (AvgIpc) is 2.82. The van der Waals surface area contributed by atoms with E-state index in [4.69, 9.17) is 16.6 Å². The molecule has 1 aliphatic heterocycles. The highest BCUT2D eigenvalue weighted by Crippen LogP contribution is 2.38. The zero-order valence-corrected chi connectivity index (χ0v) is 19.5. The van der Waals surface area contributed by atoms with Crippen LogP contribution in [0.2, 0.25) is 5.02 Å². The molecule has 0 N–H and O–H groups in total. The molecule has 0 saturated heterocycles. The predicted octanol–water partition coefficient (Wildman–Crippen LogP) is 6.86. The van der Waals surface area contributed by atoms with Gasteiger partial charge in [0.15, 0.2) is 5.17 Å². The Morgan fingerprint density at radius 3 is 2.39 bits per heavy atom. The van der Waals surface area contributed by atoms with Crippen LogP contribution in [0.1, 0.15) is 12.5 Å². The number of rotatable bonds is 4. The van der Waals surface area contributed by atoms with Crippen LogP contribution in [0.25, 0.3) is 22.0 Å². The summed E-state index contributed by atoms with van der Waals surface area (Å²) in [6.45, 7) is 1.90. The third-order valence-corrected chi connectivity index (χ3v) is 6.75. The van der Waals surface area contributed by atoms with E-state index >= 15 is 0 Å². The number of carbonyl (C=O) groups is 1. The largest absolute Gasteiger partial charge is 0.272 e. The van der Waals surface area contributed by atoms with Gasteiger partial charge in [0, 0.05) is 32.8 Å². The lowest BCUT2D eigenvalue weighted by molar-refractivity contribution is -0.119. The number of amides is 1. The second-order valence-electron chi connectivity index (χ2n) is 7.86. The number of halogens is 1. The summed E-state index contributed by atoms with van der Waals surface area (Å²) < 4.78 is 0. The molecule has 0 aliphatic carbocycles. The Morgan fingerprint density at radius 2 is 1.67 bits per heavy atom. The molecule has 2 heterocycles. The van der Waals surface area contributed by atoms with Gasteiger partial charge in [0.1, 0.15) is 0 Å². The van der Waals surface area contributed by atoms with E-state index < -0.39 is 0 Å². The number of thioether (sulfide) groups is 1. The Kier molecular flexibility index (Phi) is 6.07. The molecule has 0 bridgehead atoms. The Balaban J connectivity index is 1.51. The van der Waals surface area contributed by atoms with Gasteiger partial charge in [-0.1, -0.05) is 72.3 Å². The van der Waals surface area contributed by atoms with Gasteiger partial charge in [0.05, 0.1) is 11.4 Å². The Bertz CT molecular complexity index is 1400. The number of nitrogens with zero attached hydrogens (tertiary/aromatic N) is 3. The van der Waals surface area contributed by atoms with Crippen LogP contribution in [0.3, 0.4) is 0 Å². The molecule has 3 aromatic carbocycles. The summed E-state index contributed by atoms with van der Waals surface area (Å²) in [5.74, 6) is -0.495. The minimum Gasteiger partial charge on any atom is -0.272 e. The van der Waals surface area contributed by atoms with Gasteiger partial charge in [-0.25, -0.2) is 4.99 Å². The molecule has 1 atom stereocenters. The van der Waals surface area contributed by atoms with Crippen LogP contribution in [-0.4, -0.2) is 21.8 Å². The van der Waals surface area contributed by atoms with Crippen molar-refractivity contribution >= 4 is 51.1 Å². The maximum Gasteiger partial charge on any atom is 0.257 e. The standard InChI is InChI=1S/C27H20ClN3OS/c1-17-21(14-18-8-4-2-5-9-18)26(32)31-27(30-17)33-24-16-29-23-13-12-20(28)15-22(23)25(24)19-10-6-3-7-11-19/h2-13,15-16,21H,14H2,1H3. The number of amidine groups is 1. The molecule has 162 valence electrons. The van der Waals surface area contributed by atoms with Gasteiger partial charge in [0.25, 0.3) is 5.91 Å². The third kappa shape index (κ3) is 4.61. The number of hydrogen-bond donors (Lipinski definition) is 0. The van der Waals surface area contributed by atoms with Gasteiger partial charge < -0.3 is 0 Å². The maximum absolute atomic E-state index is 12.9. The van der Waals surface area contributed by atoms with Gasteiger partial charge in [-0.05, 0) is 54.4 Å². The predicted molar refractivity (Wildman–Crippen MR) is 137 cm³/mol. The molecule has 6 heteroatoms. The number of pyridine rings is 1. The lowest BCUT2D eigenvalue weighted by atomic mass is 9.94. The van der Waals surface area contributed by atoms with Crippen LogP contribution in [-0.2, 0) is 11.2 Å². The SMILES string of the molecule is CC1=NC(Sc2cnc3ccc(Cl)cc3c2-c2ccccc2)=NC(=O)C1Cc1ccccc1. The van der Waals surface area contributed by atoms with Crippen LogP contribution in [0.5, 0.6) is 0 Å². The molecular formula is C27H20ClN3OS. The van der Waals surface area contributed by atoms with E-state index in [1.54, 1.807) is 0 Å². The summed E-state index contributed by atoms with van der Waals surface area (Å²) in [5, 5.41) is 2.03. The summed E-state index contributed by atoms with van der Waals surface area (Å²) in [6, 6.07) is 25.7. The van der Waals surface area contributed by atoms with E-state index in [1.165, 1.54) is 11.8 Å². The summed E-state index contributed by atoms with van der Waals surface area (Å²) in [6.07, 6.45) is 2.42. The molecule has 33 heavy (non-hydrogen) atoms. The zero-order valence-electron chi connectivity index (χ0n) is 17.9. The minimum absolute atomic E-state index is 0.160. The van der Waals surface area contributed by atoms with E-state index in [2.05, 4.69) is 22.1 Å². The topological polar surface area (TPSA) is 54.7 Å². The first-order valence-corrected chi connectivity index (χ1v) is 11.8. The highest BCUT2D eigenvalue weighted by atomic mass is 35.5. The second-order valence-corrected chi connectivity index (χ2v) is 9.30. The normalized spacial score (nSPS) is 15.9. The van der Waals surface area contributed by atoms with Crippen molar-refractivity contribution in [2.24, 2.45) is 15.9 Å². The number of hydrogen-bond acceptors (Lipinski definition) is 4. The first kappa shape index (κ1) is 21.6. The fourth-order valence-corrected chi connectivity index (χ4v) is 5.09. The van der Waals surface area contributed by atoms with Gasteiger partial charge >= 0.3 is 0 Å². The zero-order chi connectivity index (χ0) is 22.8. The lowest BCUT2D eigenvalue weighted by Crippen LogP contribution is -2.27. The third-order valence-electron chi connectivity index (χ3n) is 5.62. The number of aliphatic imine (C=N–C) groups is 2. The quantitative estimate of drug-likeness (QED) is 0.328. The van der Waals surface area contributed by atoms with Crippen molar-refractivity contribution < 1.29 is 4.79 Å². The van der Waals surface area contributed by atoms with E-state index in [1.807, 2.05) is 79.9 Å². The molecule has 0 fully saturated rings. The summed E-state index contributed by atoms with van der Waals surface area (Å²) in [4.78, 5) is 27.4. The molecule has 0 radical (unpaired) electrons. The molecule has 4 aromatic rings. The molecule has 5 rings (SSSR count). The number of benzene rings is 3. The van der Waals surface area contributed by atoms with Crippen molar-refractivity contribution in [3.05, 3.63) is 95.6 Å². The fourth-order valence-electron chi connectivity index (χ4n) is 3.96. The van der Waals surface area contributed by atoms with E-state index in [9.17, 15) is 4.79 Å². The van der Waals surface area contributed by atoms with Crippen molar-refractivity contribution in [2.45, 2.75) is 18.2 Å². The fraction of sp³-hybridized carbons (Fsp3) is 0.111. The number of fused-ring (bicyclic) bond motifs is 1. The molecule has 1 aliphatic rings. The number of carbonyl (C=O) groups excluding carboxylic acids is 1. The van der Waals surface area contributed by atoms with E-state index in [0.29, 0.717) is 16.6 Å². The smallest absolute Gasteiger partial charge is 0.257 e. The maximum atomic E-state index is 12.9. The van der Waals surface area contributed by atoms with Crippen molar-refractivity contribution in [3.63, 3.8) is 0 Å². The Hall–Kier alpha value is -3.28. The molecule has 1 aromatic heterocycles. The van der Waals surface area contributed by atoms with E-state index in [0.717, 1.165) is 38.2 Å². The van der Waals surface area contributed by atoms with Crippen LogP contribution in [0.15, 0.2) is 99.9 Å². The molecule has 0 spiro atoms. The molecule has 4 nitrogen and oxygen atoms in total. The van der Waals surface area contributed by atoms with Crippen molar-refractivity contribution in [1.82, 2.24) is 4.98 Å². The highest BCUT2D eigenvalue weighted by Gasteiger charge is 2.27. The number of aromatic nitrogens is 1. The van der Waals surface area contributed by atoms with Crippen LogP contribution in [0, 0.1) is 5.92 Å².